The van der Waals surface area contributed by atoms with Crippen LogP contribution in [0.15, 0.2) is 12.1 Å². The van der Waals surface area contributed by atoms with Crippen LogP contribution in [0.5, 0.6) is 0 Å². The lowest BCUT2D eigenvalue weighted by Gasteiger charge is -2.04. The number of hydrogen-bond acceptors (Lipinski definition) is 1. The Hall–Kier alpha value is -0.600. The summed E-state index contributed by atoms with van der Waals surface area (Å²) in [6.07, 6.45) is 1.26. The minimum absolute atomic E-state index is 0.133. The number of epoxide rings is 1. The van der Waals surface area contributed by atoms with Crippen LogP contribution in [0.3, 0.4) is 0 Å². The Morgan fingerprint density at radius 3 is 3.17 bits per heavy atom. The van der Waals surface area contributed by atoms with E-state index in [1.807, 2.05) is 0 Å². The fourth-order valence-electron chi connectivity index (χ4n) is 1.87. The maximum Gasteiger partial charge on any atom is 0.125 e. The lowest BCUT2D eigenvalue weighted by molar-refractivity contribution is 0.360. The van der Waals surface area contributed by atoms with Gasteiger partial charge in [-0.1, -0.05) is 11.6 Å². The molecule has 0 saturated carbocycles. The Bertz CT molecular complexity index is 364. The number of fused-ring (bicyclic) bond motifs is 3. The molecule has 1 aliphatic heterocycles. The number of halogens is 2. The van der Waals surface area contributed by atoms with Crippen LogP contribution >= 0.6 is 11.6 Å². The highest BCUT2D eigenvalue weighted by molar-refractivity contribution is 6.31. The topological polar surface area (TPSA) is 12.5 Å². The first-order valence-corrected chi connectivity index (χ1v) is 4.27. The summed E-state index contributed by atoms with van der Waals surface area (Å²) in [7, 11) is 0. The molecule has 0 amide bonds. The Morgan fingerprint density at radius 1 is 1.50 bits per heavy atom. The zero-order chi connectivity index (χ0) is 8.29. The molecule has 1 aliphatic carbocycles. The van der Waals surface area contributed by atoms with Gasteiger partial charge < -0.3 is 4.74 Å². The normalized spacial score (nSPS) is 29.8. The first-order chi connectivity index (χ1) is 5.75. The van der Waals surface area contributed by atoms with Crippen molar-refractivity contribution in [3.63, 3.8) is 0 Å². The fraction of sp³-hybridized carbons (Fsp3) is 0.333. The lowest BCUT2D eigenvalue weighted by Crippen LogP contribution is -1.91. The average Bonchev–Trinajstić information content (AvgIpc) is 2.68. The maximum atomic E-state index is 12.9. The number of ether oxygens (including phenoxy) is 1. The van der Waals surface area contributed by atoms with Gasteiger partial charge in [-0.15, -0.1) is 0 Å². The molecule has 1 fully saturated rings. The molecule has 3 rings (SSSR count). The van der Waals surface area contributed by atoms with Crippen LogP contribution < -0.4 is 0 Å². The smallest absolute Gasteiger partial charge is 0.125 e. The first-order valence-electron chi connectivity index (χ1n) is 3.89. The van der Waals surface area contributed by atoms with Crippen molar-refractivity contribution in [1.82, 2.24) is 0 Å². The maximum absolute atomic E-state index is 12.9. The molecule has 0 N–H and O–H groups in total. The van der Waals surface area contributed by atoms with Gasteiger partial charge in [0.1, 0.15) is 11.9 Å². The van der Waals surface area contributed by atoms with Crippen molar-refractivity contribution in [3.05, 3.63) is 34.1 Å². The predicted molar refractivity (Wildman–Crippen MR) is 42.7 cm³/mol. The first kappa shape index (κ1) is 6.87. The van der Waals surface area contributed by atoms with Gasteiger partial charge in [0.2, 0.25) is 0 Å². The predicted octanol–water partition coefficient (Wildman–Crippen LogP) is 2.48. The van der Waals surface area contributed by atoms with Crippen LogP contribution in [-0.4, -0.2) is 6.10 Å². The van der Waals surface area contributed by atoms with E-state index in [0.29, 0.717) is 5.02 Å². The van der Waals surface area contributed by atoms with Crippen molar-refractivity contribution in [2.24, 2.45) is 0 Å². The second-order valence-corrected chi connectivity index (χ2v) is 3.66. The monoisotopic (exact) mass is 184 g/mol. The van der Waals surface area contributed by atoms with Gasteiger partial charge in [0.15, 0.2) is 0 Å². The van der Waals surface area contributed by atoms with Crippen LogP contribution in [0, 0.1) is 5.82 Å². The van der Waals surface area contributed by atoms with Gasteiger partial charge >= 0.3 is 0 Å². The quantitative estimate of drug-likeness (QED) is 0.565. The van der Waals surface area contributed by atoms with Crippen molar-refractivity contribution >= 4 is 11.6 Å². The Kier molecular flexibility index (Phi) is 1.15. The summed E-state index contributed by atoms with van der Waals surface area (Å²) >= 11 is 5.87. The van der Waals surface area contributed by atoms with Crippen molar-refractivity contribution in [3.8, 4) is 0 Å². The van der Waals surface area contributed by atoms with E-state index in [-0.39, 0.29) is 18.0 Å². The van der Waals surface area contributed by atoms with E-state index in [1.165, 1.54) is 12.1 Å². The number of hydrogen-bond donors (Lipinski definition) is 0. The van der Waals surface area contributed by atoms with Gasteiger partial charge in [-0.3, -0.25) is 0 Å². The summed E-state index contributed by atoms with van der Waals surface area (Å²) in [5.74, 6) is -0.269. The van der Waals surface area contributed by atoms with Crippen molar-refractivity contribution < 1.29 is 9.13 Å². The van der Waals surface area contributed by atoms with Crippen LogP contribution in [0.1, 0.15) is 17.2 Å². The molecule has 12 heavy (non-hydrogen) atoms. The summed E-state index contributed by atoms with van der Waals surface area (Å²) < 4.78 is 18.1. The zero-order valence-electron chi connectivity index (χ0n) is 6.18. The molecule has 1 heterocycles. The van der Waals surface area contributed by atoms with E-state index < -0.39 is 0 Å². The number of rotatable bonds is 0. The standard InChI is InChI=1S/C9H6ClFO/c10-7-2-4(11)1-6-5(7)3-8-9(6)12-8/h1-2,8-9H,3H2. The van der Waals surface area contributed by atoms with E-state index in [0.717, 1.165) is 17.5 Å². The molecule has 0 radical (unpaired) electrons. The summed E-state index contributed by atoms with van der Waals surface area (Å²) in [5, 5.41) is 0.542. The Balaban J connectivity index is 2.24. The number of benzene rings is 1. The second-order valence-electron chi connectivity index (χ2n) is 3.25. The van der Waals surface area contributed by atoms with E-state index >= 15 is 0 Å². The molecule has 1 nitrogen and oxygen atoms in total. The molecule has 1 saturated heterocycles. The molecule has 0 aromatic heterocycles. The van der Waals surface area contributed by atoms with Crippen molar-refractivity contribution in [2.75, 3.05) is 0 Å². The summed E-state index contributed by atoms with van der Waals surface area (Å²) in [5.41, 5.74) is 2.02. The lowest BCUT2D eigenvalue weighted by atomic mass is 10.1. The molecule has 2 unspecified atom stereocenters. The minimum atomic E-state index is -0.269. The molecule has 1 aromatic carbocycles. The average molecular weight is 185 g/mol. The fourth-order valence-corrected chi connectivity index (χ4v) is 2.16. The third kappa shape index (κ3) is 0.767. The van der Waals surface area contributed by atoms with Crippen LogP contribution in [0.2, 0.25) is 5.02 Å². The van der Waals surface area contributed by atoms with E-state index in [1.54, 1.807) is 0 Å². The second kappa shape index (κ2) is 2.01. The largest absolute Gasteiger partial charge is 0.364 e. The molecule has 3 heteroatoms. The van der Waals surface area contributed by atoms with Gasteiger partial charge in [0.05, 0.1) is 6.10 Å². The zero-order valence-corrected chi connectivity index (χ0v) is 6.94. The highest BCUT2D eigenvalue weighted by Gasteiger charge is 2.48. The van der Waals surface area contributed by atoms with Crippen LogP contribution in [0.25, 0.3) is 0 Å². The summed E-state index contributed by atoms with van der Waals surface area (Å²) in [6.45, 7) is 0. The van der Waals surface area contributed by atoms with Crippen LogP contribution in [-0.2, 0) is 11.2 Å². The van der Waals surface area contributed by atoms with Crippen molar-refractivity contribution in [2.45, 2.75) is 18.6 Å². The van der Waals surface area contributed by atoms with E-state index in [4.69, 9.17) is 16.3 Å². The molecular formula is C9H6ClFO. The summed E-state index contributed by atoms with van der Waals surface area (Å²) in [4.78, 5) is 0. The van der Waals surface area contributed by atoms with Gasteiger partial charge in [-0.2, -0.15) is 0 Å². The molecule has 62 valence electrons. The molecule has 0 bridgehead atoms. The van der Waals surface area contributed by atoms with Gasteiger partial charge in [0.25, 0.3) is 0 Å². The van der Waals surface area contributed by atoms with Crippen molar-refractivity contribution in [1.29, 1.82) is 0 Å². The van der Waals surface area contributed by atoms with Gasteiger partial charge in [-0.05, 0) is 23.3 Å². The summed E-state index contributed by atoms with van der Waals surface area (Å²) in [6, 6.07) is 2.89. The highest BCUT2D eigenvalue weighted by Crippen LogP contribution is 2.50. The van der Waals surface area contributed by atoms with Gasteiger partial charge in [0, 0.05) is 11.4 Å². The molecule has 1 aromatic rings. The SMILES string of the molecule is Fc1cc(Cl)c2c(c1)C1OC1C2. The third-order valence-electron chi connectivity index (χ3n) is 2.49. The molecule has 2 atom stereocenters. The Morgan fingerprint density at radius 2 is 2.33 bits per heavy atom. The van der Waals surface area contributed by atoms with E-state index in [2.05, 4.69) is 0 Å². The van der Waals surface area contributed by atoms with E-state index in [9.17, 15) is 4.39 Å². The molecular weight excluding hydrogens is 179 g/mol. The third-order valence-corrected chi connectivity index (χ3v) is 2.83. The molecule has 2 aliphatic rings. The van der Waals surface area contributed by atoms with Crippen LogP contribution in [0.4, 0.5) is 4.39 Å². The molecule has 0 spiro atoms. The highest BCUT2D eigenvalue weighted by atomic mass is 35.5. The minimum Gasteiger partial charge on any atom is -0.364 e. The van der Waals surface area contributed by atoms with Gasteiger partial charge in [-0.25, -0.2) is 4.39 Å². The Labute approximate surface area is 74.1 Å².